The molecule has 1 N–H and O–H groups in total. The molecule has 1 aromatic carbocycles. The van der Waals surface area contributed by atoms with Crippen molar-refractivity contribution in [3.63, 3.8) is 0 Å². The van der Waals surface area contributed by atoms with Crippen molar-refractivity contribution in [3.8, 4) is 11.3 Å². The highest BCUT2D eigenvalue weighted by molar-refractivity contribution is 5.84. The molecule has 6 aliphatic rings. The molecule has 318 valence electrons. The highest BCUT2D eigenvalue weighted by Crippen LogP contribution is 2.78. The molecule has 1 aliphatic heterocycles. The monoisotopic (exact) mass is 800 g/mol. The molecule has 11 atom stereocenters. The highest BCUT2D eigenvalue weighted by atomic mass is 19.1. The van der Waals surface area contributed by atoms with Gasteiger partial charge in [0.05, 0.1) is 29.8 Å². The third-order valence-corrected chi connectivity index (χ3v) is 18.5. The molecule has 1 amide bonds. The number of H-pyrrole nitrogens is 1. The molecule has 1 saturated heterocycles. The fraction of sp³-hybridized carbons (Fsp3) is 0.755. The van der Waals surface area contributed by atoms with E-state index in [0.29, 0.717) is 47.9 Å². The fourth-order valence-electron chi connectivity index (χ4n) is 15.5. The van der Waals surface area contributed by atoms with Crippen molar-refractivity contribution in [2.45, 2.75) is 164 Å². The molecule has 58 heavy (non-hydrogen) atoms. The van der Waals surface area contributed by atoms with Gasteiger partial charge in [0.2, 0.25) is 5.91 Å². The van der Waals surface area contributed by atoms with E-state index in [1.54, 1.807) is 26.0 Å². The van der Waals surface area contributed by atoms with Crippen LogP contribution < -0.4 is 0 Å². The number of likely N-dealkylation sites (tertiary alicyclic amines) is 1. The number of imidazole rings is 1. The Balaban J connectivity index is 1.05. The highest BCUT2D eigenvalue weighted by Gasteiger charge is 2.72. The topological polar surface area (TPSA) is 102 Å². The lowest BCUT2D eigenvalue weighted by Crippen LogP contribution is -2.67. The van der Waals surface area contributed by atoms with Crippen LogP contribution in [-0.2, 0) is 23.9 Å². The number of amides is 1. The molecule has 0 unspecified atom stereocenters. The fourth-order valence-corrected chi connectivity index (χ4v) is 15.5. The van der Waals surface area contributed by atoms with Gasteiger partial charge in [-0.2, -0.15) is 0 Å². The molecule has 9 heteroatoms. The smallest absolute Gasteiger partial charge is 0.310 e. The minimum atomic E-state index is -0.894. The van der Waals surface area contributed by atoms with E-state index in [0.717, 1.165) is 87.8 Å². The summed E-state index contributed by atoms with van der Waals surface area (Å²) in [7, 11) is 0. The van der Waals surface area contributed by atoms with Crippen molar-refractivity contribution in [3.05, 3.63) is 42.1 Å². The molecule has 8 rings (SSSR count). The van der Waals surface area contributed by atoms with Crippen molar-refractivity contribution < 1.29 is 28.2 Å². The first-order valence-electron chi connectivity index (χ1n) is 22.7. The number of halogens is 1. The quantitative estimate of drug-likeness (QED) is 0.200. The zero-order valence-corrected chi connectivity index (χ0v) is 36.8. The van der Waals surface area contributed by atoms with Crippen LogP contribution in [0.5, 0.6) is 0 Å². The van der Waals surface area contributed by atoms with E-state index in [9.17, 15) is 14.0 Å². The number of aromatic amines is 1. The first kappa shape index (κ1) is 41.5. The Kier molecular flexibility index (Phi) is 10.3. The number of nitrogens with one attached hydrogen (secondary N) is 1. The van der Waals surface area contributed by atoms with Gasteiger partial charge in [0, 0.05) is 12.0 Å². The van der Waals surface area contributed by atoms with Gasteiger partial charge in [-0.25, -0.2) is 9.37 Å². The van der Waals surface area contributed by atoms with Crippen LogP contribution in [0.25, 0.3) is 11.3 Å². The van der Waals surface area contributed by atoms with E-state index in [1.807, 2.05) is 6.20 Å². The Labute approximate surface area is 346 Å². The predicted octanol–water partition coefficient (Wildman–Crippen LogP) is 10.9. The van der Waals surface area contributed by atoms with Crippen LogP contribution in [0, 0.1) is 68.4 Å². The number of fused-ring (bicyclic) bond motifs is 7. The standard InChI is InChI=1S/C49H70FN3O5/c1-30(2)33-18-23-49(43(56)53-26-10-11-36(53)42-51-28-35(52-42)31-12-14-32(50)15-13-31)25-24-47(8)34(41(33)49)16-17-38-46(7)21-20-39(58-40(55)27-44(3,4)57-29-54)45(5,6)37(46)19-22-48(38,47)9/h12-15,28-30,33-34,36-39,41H,10-11,16-27H2,1-9H3,(H,51,52)/t33-,34+,36-,37-,38+,39-,41+,46-,47+,48+,49-/m0/s1. The van der Waals surface area contributed by atoms with Crippen LogP contribution in [0.3, 0.4) is 0 Å². The number of ether oxygens (including phenoxy) is 2. The number of hydrogen-bond donors (Lipinski definition) is 1. The summed E-state index contributed by atoms with van der Waals surface area (Å²) in [6.07, 6.45) is 14.3. The summed E-state index contributed by atoms with van der Waals surface area (Å²) in [5.74, 6) is 3.59. The third-order valence-electron chi connectivity index (χ3n) is 18.5. The van der Waals surface area contributed by atoms with Crippen LogP contribution in [0.4, 0.5) is 4.39 Å². The van der Waals surface area contributed by atoms with Crippen molar-refractivity contribution in [2.24, 2.45) is 62.6 Å². The molecule has 0 radical (unpaired) electrons. The molecular formula is C49H70FN3O5. The second-order valence-corrected chi connectivity index (χ2v) is 22.1. The third kappa shape index (κ3) is 6.31. The summed E-state index contributed by atoms with van der Waals surface area (Å²) < 4.78 is 25.2. The van der Waals surface area contributed by atoms with Crippen LogP contribution >= 0.6 is 0 Å². The van der Waals surface area contributed by atoms with Crippen molar-refractivity contribution in [2.75, 3.05) is 6.54 Å². The molecule has 5 aliphatic carbocycles. The molecule has 5 saturated carbocycles. The van der Waals surface area contributed by atoms with Gasteiger partial charge in [0.1, 0.15) is 23.3 Å². The minimum absolute atomic E-state index is 0.0446. The Morgan fingerprint density at radius 2 is 1.67 bits per heavy atom. The summed E-state index contributed by atoms with van der Waals surface area (Å²) in [5.41, 5.74) is 0.744. The van der Waals surface area contributed by atoms with Gasteiger partial charge < -0.3 is 19.4 Å². The number of esters is 1. The van der Waals surface area contributed by atoms with Crippen LogP contribution in [0.1, 0.15) is 158 Å². The molecule has 1 aromatic heterocycles. The lowest BCUT2D eigenvalue weighted by molar-refractivity contribution is -0.251. The second-order valence-electron chi connectivity index (χ2n) is 22.1. The molecule has 0 bridgehead atoms. The summed E-state index contributed by atoms with van der Waals surface area (Å²) in [4.78, 5) is 50.4. The zero-order valence-electron chi connectivity index (χ0n) is 36.8. The largest absolute Gasteiger partial charge is 0.462 e. The number of aromatic nitrogens is 2. The van der Waals surface area contributed by atoms with Gasteiger partial charge in [0.25, 0.3) is 6.47 Å². The zero-order chi connectivity index (χ0) is 41.6. The SMILES string of the molecule is CC(C)[C@@H]1CC[C@]2(C(=O)N3CCC[C@H]3c3ncc(-c4ccc(F)cc4)[nH]3)CC[C@]3(C)[C@H](CC[C@@H]4[C@@]5(C)CC[C@H](OC(=O)CC(C)(C)OC=O)C(C)(C)[C@@H]5CC[C@]43C)[C@@H]12. The number of benzene rings is 1. The number of rotatable bonds is 9. The maximum absolute atomic E-state index is 15.5. The average Bonchev–Trinajstić information content (AvgIpc) is 3.92. The van der Waals surface area contributed by atoms with Crippen LogP contribution in [-0.4, -0.2) is 51.5 Å². The Hall–Kier alpha value is -3.23. The number of nitrogens with zero attached hydrogens (tertiary/aromatic N) is 2. The maximum atomic E-state index is 15.5. The van der Waals surface area contributed by atoms with Crippen molar-refractivity contribution >= 4 is 18.3 Å². The number of hydrogen-bond acceptors (Lipinski definition) is 6. The van der Waals surface area contributed by atoms with Gasteiger partial charge >= 0.3 is 5.97 Å². The predicted molar refractivity (Wildman–Crippen MR) is 222 cm³/mol. The molecule has 8 nitrogen and oxygen atoms in total. The number of carbonyl (C=O) groups excluding carboxylic acids is 3. The van der Waals surface area contributed by atoms with Crippen molar-refractivity contribution in [1.82, 2.24) is 14.9 Å². The molecule has 0 spiro atoms. The molecular weight excluding hydrogens is 730 g/mol. The van der Waals surface area contributed by atoms with E-state index in [-0.39, 0.29) is 57.4 Å². The van der Waals surface area contributed by atoms with Crippen molar-refractivity contribution in [1.29, 1.82) is 0 Å². The molecule has 2 aromatic rings. The van der Waals surface area contributed by atoms with Gasteiger partial charge in [-0.15, -0.1) is 0 Å². The van der Waals surface area contributed by atoms with Gasteiger partial charge in [-0.05, 0) is 172 Å². The van der Waals surface area contributed by atoms with Crippen LogP contribution in [0.15, 0.2) is 30.5 Å². The van der Waals surface area contributed by atoms with Crippen LogP contribution in [0.2, 0.25) is 0 Å². The summed E-state index contributed by atoms with van der Waals surface area (Å²) in [5, 5.41) is 0. The van der Waals surface area contributed by atoms with E-state index < -0.39 is 5.60 Å². The van der Waals surface area contributed by atoms with E-state index >= 15 is 4.79 Å². The normalized spacial score (nSPS) is 39.3. The summed E-state index contributed by atoms with van der Waals surface area (Å²) in [6, 6.07) is 6.44. The Morgan fingerprint density at radius 1 is 0.931 bits per heavy atom. The van der Waals surface area contributed by atoms with E-state index in [4.69, 9.17) is 14.5 Å². The Bertz CT molecular complexity index is 1890. The minimum Gasteiger partial charge on any atom is -0.462 e. The lowest BCUT2D eigenvalue weighted by atomic mass is 9.32. The average molecular weight is 800 g/mol. The lowest BCUT2D eigenvalue weighted by Gasteiger charge is -2.73. The summed E-state index contributed by atoms with van der Waals surface area (Å²) in [6.45, 7) is 22.0. The molecule has 2 heterocycles. The second kappa shape index (κ2) is 14.5. The first-order valence-corrected chi connectivity index (χ1v) is 22.7. The Morgan fingerprint density at radius 3 is 2.38 bits per heavy atom. The summed E-state index contributed by atoms with van der Waals surface area (Å²) >= 11 is 0. The van der Waals surface area contributed by atoms with Gasteiger partial charge in [-0.1, -0.05) is 48.5 Å². The molecule has 6 fully saturated rings. The van der Waals surface area contributed by atoms with Gasteiger partial charge in [0.15, 0.2) is 0 Å². The first-order chi connectivity index (χ1) is 27.3. The van der Waals surface area contributed by atoms with E-state index in [2.05, 4.69) is 58.4 Å². The maximum Gasteiger partial charge on any atom is 0.310 e. The number of carbonyl (C=O) groups is 3. The van der Waals surface area contributed by atoms with E-state index in [1.165, 1.54) is 25.0 Å². The van der Waals surface area contributed by atoms with Gasteiger partial charge in [-0.3, -0.25) is 14.4 Å².